The van der Waals surface area contributed by atoms with Crippen molar-refractivity contribution in [3.05, 3.63) is 60.4 Å². The van der Waals surface area contributed by atoms with E-state index >= 15 is 0 Å². The zero-order chi connectivity index (χ0) is 13.7. The molecule has 0 radical (unpaired) electrons. The minimum Gasteiger partial charge on any atom is -0.374 e. The summed E-state index contributed by atoms with van der Waals surface area (Å²) in [5.74, 6) is -0.504. The molecule has 0 heterocycles. The van der Waals surface area contributed by atoms with Gasteiger partial charge in [0.2, 0.25) is 5.91 Å². The first kappa shape index (κ1) is 13.1. The van der Waals surface area contributed by atoms with Crippen LogP contribution in [0.5, 0.6) is 0 Å². The molecule has 1 unspecified atom stereocenters. The van der Waals surface area contributed by atoms with Crippen LogP contribution in [-0.4, -0.2) is 11.9 Å². The molecule has 2 aromatic carbocycles. The van der Waals surface area contributed by atoms with Gasteiger partial charge in [0.1, 0.15) is 11.9 Å². The number of para-hydroxylation sites is 1. The molecule has 3 nitrogen and oxygen atoms in total. The van der Waals surface area contributed by atoms with Crippen molar-refractivity contribution in [1.29, 1.82) is 0 Å². The van der Waals surface area contributed by atoms with Gasteiger partial charge in [-0.2, -0.15) is 0 Å². The number of hydrogen-bond acceptors (Lipinski definition) is 2. The average Bonchev–Trinajstić information content (AvgIpc) is 2.40. The molecule has 0 aliphatic carbocycles. The van der Waals surface area contributed by atoms with Gasteiger partial charge in [0.15, 0.2) is 0 Å². The van der Waals surface area contributed by atoms with E-state index in [1.807, 2.05) is 30.3 Å². The summed E-state index contributed by atoms with van der Waals surface area (Å²) in [7, 11) is 0. The second-order valence-corrected chi connectivity index (χ2v) is 4.23. The predicted octanol–water partition coefficient (Wildman–Crippen LogP) is 3.26. The average molecular weight is 258 g/mol. The lowest BCUT2D eigenvalue weighted by Gasteiger charge is -2.15. The first-order valence-electron chi connectivity index (χ1n) is 6.03. The number of carbonyl (C=O) groups is 1. The van der Waals surface area contributed by atoms with E-state index in [0.29, 0.717) is 5.69 Å². The molecule has 2 rings (SSSR count). The van der Waals surface area contributed by atoms with Gasteiger partial charge in [0.05, 0.1) is 0 Å². The van der Waals surface area contributed by atoms with Crippen LogP contribution in [0.4, 0.5) is 15.8 Å². The summed E-state index contributed by atoms with van der Waals surface area (Å²) in [6.45, 7) is 1.73. The van der Waals surface area contributed by atoms with E-state index in [4.69, 9.17) is 0 Å². The molecule has 0 aromatic heterocycles. The van der Waals surface area contributed by atoms with Gasteiger partial charge in [-0.05, 0) is 37.3 Å². The molecule has 0 aliphatic heterocycles. The van der Waals surface area contributed by atoms with Gasteiger partial charge >= 0.3 is 0 Å². The number of anilines is 2. The maximum absolute atomic E-state index is 13.0. The number of benzene rings is 2. The Bertz CT molecular complexity index is 557. The van der Waals surface area contributed by atoms with Crippen LogP contribution in [0.1, 0.15) is 6.92 Å². The third-order valence-corrected chi connectivity index (χ3v) is 2.64. The largest absolute Gasteiger partial charge is 0.374 e. The number of amides is 1. The molecule has 19 heavy (non-hydrogen) atoms. The van der Waals surface area contributed by atoms with Gasteiger partial charge in [-0.15, -0.1) is 0 Å². The normalized spacial score (nSPS) is 11.7. The fourth-order valence-corrected chi connectivity index (χ4v) is 1.67. The Kier molecular flexibility index (Phi) is 4.13. The summed E-state index contributed by atoms with van der Waals surface area (Å²) in [4.78, 5) is 11.9. The molecule has 2 N–H and O–H groups in total. The zero-order valence-corrected chi connectivity index (χ0v) is 10.6. The maximum atomic E-state index is 13.0. The van der Waals surface area contributed by atoms with Crippen LogP contribution < -0.4 is 10.6 Å². The van der Waals surface area contributed by atoms with Crippen LogP contribution in [0.3, 0.4) is 0 Å². The van der Waals surface area contributed by atoms with Crippen molar-refractivity contribution < 1.29 is 9.18 Å². The molecular weight excluding hydrogens is 243 g/mol. The van der Waals surface area contributed by atoms with Gasteiger partial charge < -0.3 is 10.6 Å². The van der Waals surface area contributed by atoms with Crippen molar-refractivity contribution in [3.8, 4) is 0 Å². The minimum atomic E-state index is -0.456. The Hall–Kier alpha value is -2.36. The van der Waals surface area contributed by atoms with Gasteiger partial charge in [-0.25, -0.2) is 4.39 Å². The summed E-state index contributed by atoms with van der Waals surface area (Å²) in [5, 5.41) is 5.73. The summed E-state index contributed by atoms with van der Waals surface area (Å²) in [6.07, 6.45) is 0. The van der Waals surface area contributed by atoms with Gasteiger partial charge in [0, 0.05) is 11.4 Å². The van der Waals surface area contributed by atoms with E-state index in [9.17, 15) is 9.18 Å². The monoisotopic (exact) mass is 258 g/mol. The van der Waals surface area contributed by atoms with Crippen molar-refractivity contribution in [2.75, 3.05) is 10.6 Å². The van der Waals surface area contributed by atoms with Crippen molar-refractivity contribution in [1.82, 2.24) is 0 Å². The molecule has 0 aliphatic rings. The van der Waals surface area contributed by atoms with Crippen LogP contribution in [0.25, 0.3) is 0 Å². The first-order valence-corrected chi connectivity index (χ1v) is 6.03. The predicted molar refractivity (Wildman–Crippen MR) is 74.6 cm³/mol. The molecule has 2 aromatic rings. The summed E-state index contributed by atoms with van der Waals surface area (Å²) in [5.41, 5.74) is 1.32. The highest BCUT2D eigenvalue weighted by molar-refractivity contribution is 5.96. The Morgan fingerprint density at radius 1 is 1.05 bits per heavy atom. The van der Waals surface area contributed by atoms with Gasteiger partial charge in [0.25, 0.3) is 0 Å². The van der Waals surface area contributed by atoms with Crippen LogP contribution in [-0.2, 0) is 4.79 Å². The lowest BCUT2D eigenvalue weighted by atomic mass is 10.2. The molecule has 0 bridgehead atoms. The second kappa shape index (κ2) is 6.00. The van der Waals surface area contributed by atoms with Crippen LogP contribution >= 0.6 is 0 Å². The molecule has 0 saturated heterocycles. The summed E-state index contributed by atoms with van der Waals surface area (Å²) in [6, 6.07) is 14.8. The van der Waals surface area contributed by atoms with Gasteiger partial charge in [-0.3, -0.25) is 4.79 Å². The highest BCUT2D eigenvalue weighted by Crippen LogP contribution is 2.12. The van der Waals surface area contributed by atoms with Crippen LogP contribution in [0.2, 0.25) is 0 Å². The smallest absolute Gasteiger partial charge is 0.246 e. The molecular formula is C15H15FN2O. The molecule has 4 heteroatoms. The van der Waals surface area contributed by atoms with E-state index in [-0.39, 0.29) is 11.7 Å². The minimum absolute atomic E-state index is 0.171. The molecule has 98 valence electrons. The highest BCUT2D eigenvalue weighted by atomic mass is 19.1. The molecule has 0 saturated carbocycles. The third kappa shape index (κ3) is 3.81. The fourth-order valence-electron chi connectivity index (χ4n) is 1.67. The van der Waals surface area contributed by atoms with Gasteiger partial charge in [-0.1, -0.05) is 24.3 Å². The lowest BCUT2D eigenvalue weighted by molar-refractivity contribution is -0.116. The van der Waals surface area contributed by atoms with Crippen LogP contribution in [0.15, 0.2) is 54.6 Å². The van der Waals surface area contributed by atoms with Crippen LogP contribution in [0, 0.1) is 5.82 Å². The molecule has 0 spiro atoms. The number of carbonyl (C=O) groups excluding carboxylic acids is 1. The number of halogens is 1. The fraction of sp³-hybridized carbons (Fsp3) is 0.133. The number of nitrogens with one attached hydrogen (secondary N) is 2. The standard InChI is InChI=1S/C15H15FN2O/c1-11(17-14-9-5-6-12(16)10-14)15(19)18-13-7-3-2-4-8-13/h2-11,17H,1H3,(H,18,19). The zero-order valence-electron chi connectivity index (χ0n) is 10.6. The second-order valence-electron chi connectivity index (χ2n) is 4.23. The Labute approximate surface area is 111 Å². The highest BCUT2D eigenvalue weighted by Gasteiger charge is 2.12. The van der Waals surface area contributed by atoms with Crippen molar-refractivity contribution in [3.63, 3.8) is 0 Å². The Morgan fingerprint density at radius 3 is 2.42 bits per heavy atom. The Balaban J connectivity index is 1.96. The third-order valence-electron chi connectivity index (χ3n) is 2.64. The molecule has 1 atom stereocenters. The van der Waals surface area contributed by atoms with E-state index in [2.05, 4.69) is 10.6 Å². The van der Waals surface area contributed by atoms with Crippen molar-refractivity contribution >= 4 is 17.3 Å². The molecule has 1 amide bonds. The van der Waals surface area contributed by atoms with Crippen molar-refractivity contribution in [2.45, 2.75) is 13.0 Å². The number of rotatable bonds is 4. The van der Waals surface area contributed by atoms with E-state index in [1.165, 1.54) is 12.1 Å². The summed E-state index contributed by atoms with van der Waals surface area (Å²) >= 11 is 0. The van der Waals surface area contributed by atoms with E-state index < -0.39 is 6.04 Å². The maximum Gasteiger partial charge on any atom is 0.246 e. The van der Waals surface area contributed by atoms with Crippen molar-refractivity contribution in [2.24, 2.45) is 0 Å². The first-order chi connectivity index (χ1) is 9.15. The topological polar surface area (TPSA) is 41.1 Å². The quantitative estimate of drug-likeness (QED) is 0.883. The summed E-state index contributed by atoms with van der Waals surface area (Å²) < 4.78 is 13.0. The number of hydrogen-bond donors (Lipinski definition) is 2. The SMILES string of the molecule is CC(Nc1cccc(F)c1)C(=O)Nc1ccccc1. The van der Waals surface area contributed by atoms with E-state index in [1.54, 1.807) is 19.1 Å². The Morgan fingerprint density at radius 2 is 1.74 bits per heavy atom. The van der Waals surface area contributed by atoms with E-state index in [0.717, 1.165) is 5.69 Å². The lowest BCUT2D eigenvalue weighted by Crippen LogP contribution is -2.31. The molecule has 0 fully saturated rings.